The van der Waals surface area contributed by atoms with Crippen LogP contribution in [-0.4, -0.2) is 0 Å². The van der Waals surface area contributed by atoms with Crippen LogP contribution in [0, 0.1) is 12.8 Å². The van der Waals surface area contributed by atoms with Crippen LogP contribution in [0.3, 0.4) is 0 Å². The monoisotopic (exact) mass is 182 g/mol. The first-order valence-electron chi connectivity index (χ1n) is 3.36. The van der Waals surface area contributed by atoms with Gasteiger partial charge in [0.15, 0.2) is 0 Å². The van der Waals surface area contributed by atoms with Crippen molar-refractivity contribution < 1.29 is 0 Å². The molecule has 11 heavy (non-hydrogen) atoms. The number of hydrogen-bond acceptors (Lipinski definition) is 3. The van der Waals surface area contributed by atoms with Gasteiger partial charge in [0.25, 0.3) is 0 Å². The van der Waals surface area contributed by atoms with E-state index in [0.717, 1.165) is 4.90 Å². The van der Waals surface area contributed by atoms with Gasteiger partial charge in [0.1, 0.15) is 5.88 Å². The number of thiol groups is 1. The Kier molecular flexibility index (Phi) is 1.77. The standard InChI is InChI=1S/C8H8NS2/c1-5-2-3-6-8(7(5)10)11-4-9-6/h2-4,9-10H,1H3. The molecule has 0 atom stereocenters. The van der Waals surface area contributed by atoms with Gasteiger partial charge < -0.3 is 5.32 Å². The molecule has 0 amide bonds. The fraction of sp³-hybridized carbons (Fsp3) is 0.125. The van der Waals surface area contributed by atoms with Crippen molar-refractivity contribution in [2.24, 2.45) is 0 Å². The smallest absolute Gasteiger partial charge is 0.107 e. The molecule has 1 aromatic carbocycles. The summed E-state index contributed by atoms with van der Waals surface area (Å²) in [5, 5.41) is 3.16. The SMILES string of the molecule is Cc1ccc2c(c1S)S[CH]N2. The molecule has 0 bridgehead atoms. The molecule has 1 N–H and O–H groups in total. The van der Waals surface area contributed by atoms with Gasteiger partial charge in [-0.15, -0.1) is 12.6 Å². The van der Waals surface area contributed by atoms with Crippen molar-refractivity contribution in [2.45, 2.75) is 16.7 Å². The zero-order valence-electron chi connectivity index (χ0n) is 6.09. The first-order valence-corrected chi connectivity index (χ1v) is 4.69. The van der Waals surface area contributed by atoms with Crippen molar-refractivity contribution >= 4 is 30.1 Å². The summed E-state index contributed by atoms with van der Waals surface area (Å²) in [5.74, 6) is 1.98. The molecule has 3 heteroatoms. The number of thioether (sulfide) groups is 1. The van der Waals surface area contributed by atoms with Crippen LogP contribution in [0.1, 0.15) is 5.56 Å². The highest BCUT2D eigenvalue weighted by Crippen LogP contribution is 2.41. The molecule has 1 aromatic rings. The largest absolute Gasteiger partial charge is 0.370 e. The van der Waals surface area contributed by atoms with E-state index >= 15 is 0 Å². The predicted octanol–water partition coefficient (Wildman–Crippen LogP) is 2.92. The number of aryl methyl sites for hydroxylation is 1. The third kappa shape index (κ3) is 1.12. The summed E-state index contributed by atoms with van der Waals surface area (Å²) in [4.78, 5) is 2.34. The fourth-order valence-electron chi connectivity index (χ4n) is 1.05. The average molecular weight is 182 g/mol. The summed E-state index contributed by atoms with van der Waals surface area (Å²) >= 11 is 6.12. The molecular weight excluding hydrogens is 174 g/mol. The lowest BCUT2D eigenvalue weighted by Gasteiger charge is -2.03. The summed E-state index contributed by atoms with van der Waals surface area (Å²) in [7, 11) is 0. The normalized spacial score (nSPS) is 14.4. The molecule has 1 radical (unpaired) electrons. The molecule has 0 aliphatic carbocycles. The van der Waals surface area contributed by atoms with Gasteiger partial charge in [-0.3, -0.25) is 0 Å². The van der Waals surface area contributed by atoms with E-state index in [1.807, 2.05) is 5.88 Å². The van der Waals surface area contributed by atoms with Crippen molar-refractivity contribution in [3.05, 3.63) is 23.6 Å². The second-order valence-corrected chi connectivity index (χ2v) is 3.81. The van der Waals surface area contributed by atoms with Crippen LogP contribution in [-0.2, 0) is 0 Å². The van der Waals surface area contributed by atoms with Crippen LogP contribution in [0.25, 0.3) is 0 Å². The van der Waals surface area contributed by atoms with E-state index in [9.17, 15) is 0 Å². The number of rotatable bonds is 0. The van der Waals surface area contributed by atoms with E-state index in [-0.39, 0.29) is 0 Å². The Labute approximate surface area is 76.0 Å². The lowest BCUT2D eigenvalue weighted by atomic mass is 10.2. The number of hydrogen-bond donors (Lipinski definition) is 2. The first kappa shape index (κ1) is 7.37. The number of nitrogens with one attached hydrogen (secondary N) is 1. The van der Waals surface area contributed by atoms with Crippen molar-refractivity contribution in [1.29, 1.82) is 0 Å². The Balaban J connectivity index is 2.62. The van der Waals surface area contributed by atoms with Crippen LogP contribution in [0.15, 0.2) is 21.9 Å². The Morgan fingerprint density at radius 3 is 3.09 bits per heavy atom. The van der Waals surface area contributed by atoms with E-state index in [0.29, 0.717) is 0 Å². The van der Waals surface area contributed by atoms with Gasteiger partial charge in [0.05, 0.1) is 0 Å². The number of anilines is 1. The maximum absolute atomic E-state index is 4.42. The maximum Gasteiger partial charge on any atom is 0.107 e. The maximum atomic E-state index is 4.42. The van der Waals surface area contributed by atoms with Gasteiger partial charge in [-0.1, -0.05) is 17.8 Å². The van der Waals surface area contributed by atoms with E-state index in [1.165, 1.54) is 16.1 Å². The van der Waals surface area contributed by atoms with Gasteiger partial charge in [0, 0.05) is 15.5 Å². The van der Waals surface area contributed by atoms with Crippen LogP contribution < -0.4 is 5.32 Å². The molecule has 1 aliphatic heterocycles. The molecule has 1 nitrogen and oxygen atoms in total. The molecule has 0 fully saturated rings. The van der Waals surface area contributed by atoms with Crippen molar-refractivity contribution in [3.63, 3.8) is 0 Å². The van der Waals surface area contributed by atoms with E-state index < -0.39 is 0 Å². The van der Waals surface area contributed by atoms with Crippen molar-refractivity contribution in [3.8, 4) is 0 Å². The van der Waals surface area contributed by atoms with Gasteiger partial charge in [-0.05, 0) is 18.6 Å². The lowest BCUT2D eigenvalue weighted by molar-refractivity contribution is 1.19. The molecule has 0 spiro atoms. The van der Waals surface area contributed by atoms with Gasteiger partial charge in [0.2, 0.25) is 0 Å². The highest BCUT2D eigenvalue weighted by Gasteiger charge is 2.14. The second-order valence-electron chi connectivity index (χ2n) is 2.49. The molecule has 0 unspecified atom stereocenters. The summed E-state index contributed by atoms with van der Waals surface area (Å²) < 4.78 is 0. The minimum absolute atomic E-state index is 1.09. The van der Waals surface area contributed by atoms with E-state index in [4.69, 9.17) is 0 Å². The van der Waals surface area contributed by atoms with Crippen molar-refractivity contribution in [1.82, 2.24) is 0 Å². The third-order valence-corrected chi connectivity index (χ3v) is 3.35. The topological polar surface area (TPSA) is 12.0 Å². The molecule has 2 rings (SSSR count). The second kappa shape index (κ2) is 2.64. The molecule has 0 aromatic heterocycles. The molecular formula is C8H8NS2. The van der Waals surface area contributed by atoms with Gasteiger partial charge in [-0.25, -0.2) is 0 Å². The van der Waals surface area contributed by atoms with Crippen LogP contribution in [0.4, 0.5) is 5.69 Å². The van der Waals surface area contributed by atoms with Gasteiger partial charge >= 0.3 is 0 Å². The molecule has 0 saturated heterocycles. The molecule has 1 heterocycles. The first-order chi connectivity index (χ1) is 5.29. The zero-order chi connectivity index (χ0) is 7.84. The van der Waals surface area contributed by atoms with Crippen LogP contribution in [0.2, 0.25) is 0 Å². The zero-order valence-corrected chi connectivity index (χ0v) is 7.80. The minimum Gasteiger partial charge on any atom is -0.370 e. The van der Waals surface area contributed by atoms with Gasteiger partial charge in [-0.2, -0.15) is 0 Å². The molecule has 0 saturated carbocycles. The number of fused-ring (bicyclic) bond motifs is 1. The molecule has 1 aliphatic rings. The summed E-state index contributed by atoms with van der Waals surface area (Å²) in [6, 6.07) is 4.16. The highest BCUT2D eigenvalue weighted by molar-refractivity contribution is 8.02. The average Bonchev–Trinajstić information content (AvgIpc) is 2.45. The third-order valence-electron chi connectivity index (χ3n) is 1.72. The van der Waals surface area contributed by atoms with Crippen molar-refractivity contribution in [2.75, 3.05) is 5.32 Å². The Bertz CT molecular complexity index is 296. The quantitative estimate of drug-likeness (QED) is 0.598. The Hall–Kier alpha value is -0.280. The Morgan fingerprint density at radius 2 is 2.27 bits per heavy atom. The Morgan fingerprint density at radius 1 is 1.45 bits per heavy atom. The van der Waals surface area contributed by atoms with E-state index in [2.05, 4.69) is 37.0 Å². The molecule has 57 valence electrons. The summed E-state index contributed by atoms with van der Waals surface area (Å²) in [6.07, 6.45) is 0. The predicted molar refractivity (Wildman–Crippen MR) is 52.2 cm³/mol. The number of benzene rings is 1. The van der Waals surface area contributed by atoms with E-state index in [1.54, 1.807) is 11.8 Å². The summed E-state index contributed by atoms with van der Waals surface area (Å²) in [5.41, 5.74) is 2.40. The lowest BCUT2D eigenvalue weighted by Crippen LogP contribution is -1.84. The fourth-order valence-corrected chi connectivity index (χ4v) is 2.24. The summed E-state index contributed by atoms with van der Waals surface area (Å²) in [6.45, 7) is 2.07. The van der Waals surface area contributed by atoms with Crippen LogP contribution in [0.5, 0.6) is 0 Å². The minimum atomic E-state index is 1.09. The highest BCUT2D eigenvalue weighted by atomic mass is 32.2. The van der Waals surface area contributed by atoms with Crippen LogP contribution >= 0.6 is 24.4 Å².